The molecule has 0 amide bonds. The predicted molar refractivity (Wildman–Crippen MR) is 59.5 cm³/mol. The zero-order valence-corrected chi connectivity index (χ0v) is 8.49. The highest BCUT2D eigenvalue weighted by molar-refractivity contribution is 5.67. The smallest absolute Gasteiger partial charge is 0.189 e. The van der Waals surface area contributed by atoms with E-state index in [-0.39, 0.29) is 5.43 Å². The molecule has 0 spiro atoms. The van der Waals surface area contributed by atoms with Gasteiger partial charge in [0.05, 0.1) is 0 Å². The highest BCUT2D eigenvalue weighted by Crippen LogP contribution is 2.36. The number of fused-ring (bicyclic) bond motifs is 1. The van der Waals surface area contributed by atoms with Crippen molar-refractivity contribution in [2.24, 2.45) is 11.8 Å². The molecule has 1 fully saturated rings. The summed E-state index contributed by atoms with van der Waals surface area (Å²) in [7, 11) is 0. The molecule has 1 aromatic rings. The highest BCUT2D eigenvalue weighted by Gasteiger charge is 2.32. The average molecular weight is 202 g/mol. The molecule has 2 heterocycles. The van der Waals surface area contributed by atoms with Crippen molar-refractivity contribution in [3.8, 4) is 0 Å². The molecule has 2 atom stereocenters. The van der Waals surface area contributed by atoms with E-state index in [1.165, 1.54) is 5.57 Å². The summed E-state index contributed by atoms with van der Waals surface area (Å²) in [5.41, 5.74) is 2.22. The summed E-state index contributed by atoms with van der Waals surface area (Å²) in [5.74, 6) is 1.35. The Balaban J connectivity index is 1.97. The summed E-state index contributed by atoms with van der Waals surface area (Å²) in [6.07, 6.45) is 6.83. The van der Waals surface area contributed by atoms with Gasteiger partial charge in [-0.15, -0.1) is 0 Å². The average Bonchev–Trinajstić information content (AvgIpc) is 2.77. The van der Waals surface area contributed by atoms with E-state index in [0.717, 1.165) is 25.1 Å². The van der Waals surface area contributed by atoms with Crippen LogP contribution in [0, 0.1) is 11.8 Å². The third kappa shape index (κ3) is 1.43. The molecule has 3 heteroatoms. The van der Waals surface area contributed by atoms with Crippen LogP contribution < -0.4 is 10.7 Å². The van der Waals surface area contributed by atoms with E-state index in [1.807, 2.05) is 6.20 Å². The molecule has 2 unspecified atom stereocenters. The normalized spacial score (nSPS) is 28.9. The first-order chi connectivity index (χ1) is 7.34. The minimum absolute atomic E-state index is 0.132. The van der Waals surface area contributed by atoms with Crippen LogP contribution in [0.25, 0.3) is 5.57 Å². The largest absolute Gasteiger partial charge is 0.367 e. The van der Waals surface area contributed by atoms with Crippen molar-refractivity contribution in [3.05, 3.63) is 40.3 Å². The van der Waals surface area contributed by atoms with Crippen LogP contribution in [0.1, 0.15) is 12.0 Å². The monoisotopic (exact) mass is 202 g/mol. The summed E-state index contributed by atoms with van der Waals surface area (Å²) in [5, 5.41) is 3.38. The number of hydrogen-bond donors (Lipinski definition) is 2. The van der Waals surface area contributed by atoms with E-state index in [2.05, 4.69) is 16.4 Å². The minimum Gasteiger partial charge on any atom is -0.367 e. The van der Waals surface area contributed by atoms with Crippen molar-refractivity contribution >= 4 is 5.57 Å². The van der Waals surface area contributed by atoms with Gasteiger partial charge >= 0.3 is 0 Å². The van der Waals surface area contributed by atoms with E-state index < -0.39 is 0 Å². The summed E-state index contributed by atoms with van der Waals surface area (Å²) >= 11 is 0. The zero-order chi connectivity index (χ0) is 10.3. The Morgan fingerprint density at radius 3 is 3.07 bits per heavy atom. The third-order valence-electron chi connectivity index (χ3n) is 3.46. The minimum atomic E-state index is 0.132. The molecule has 1 aliphatic carbocycles. The van der Waals surface area contributed by atoms with Gasteiger partial charge in [-0.3, -0.25) is 4.79 Å². The van der Waals surface area contributed by atoms with Crippen molar-refractivity contribution in [2.75, 3.05) is 13.1 Å². The number of aromatic nitrogens is 1. The second-order valence-corrected chi connectivity index (χ2v) is 4.40. The van der Waals surface area contributed by atoms with Gasteiger partial charge in [-0.05, 0) is 30.4 Å². The lowest BCUT2D eigenvalue weighted by atomic mass is 9.99. The zero-order valence-electron chi connectivity index (χ0n) is 8.49. The quantitative estimate of drug-likeness (QED) is 0.713. The first-order valence-electron chi connectivity index (χ1n) is 5.43. The molecule has 0 radical (unpaired) electrons. The fourth-order valence-corrected chi connectivity index (χ4v) is 2.65. The Hall–Kier alpha value is -1.35. The van der Waals surface area contributed by atoms with Crippen LogP contribution in [-0.4, -0.2) is 18.1 Å². The van der Waals surface area contributed by atoms with E-state index in [4.69, 9.17) is 0 Å². The molecular weight excluding hydrogens is 188 g/mol. The maximum atomic E-state index is 11.6. The summed E-state index contributed by atoms with van der Waals surface area (Å²) in [4.78, 5) is 14.6. The Labute approximate surface area is 88.2 Å². The Bertz CT molecular complexity index is 461. The van der Waals surface area contributed by atoms with E-state index in [1.54, 1.807) is 12.3 Å². The van der Waals surface area contributed by atoms with E-state index in [9.17, 15) is 4.79 Å². The number of rotatable bonds is 1. The predicted octanol–water partition coefficient (Wildman–Crippen LogP) is 0.998. The van der Waals surface area contributed by atoms with Crippen LogP contribution >= 0.6 is 0 Å². The number of nitrogens with one attached hydrogen (secondary N) is 2. The molecule has 3 nitrogen and oxygen atoms in total. The van der Waals surface area contributed by atoms with E-state index >= 15 is 0 Å². The van der Waals surface area contributed by atoms with Gasteiger partial charge in [0, 0.05) is 30.6 Å². The second-order valence-electron chi connectivity index (χ2n) is 4.40. The fourth-order valence-electron chi connectivity index (χ4n) is 2.65. The maximum Gasteiger partial charge on any atom is 0.189 e. The van der Waals surface area contributed by atoms with Gasteiger partial charge in [0.1, 0.15) is 0 Å². The number of aromatic amines is 1. The molecule has 3 rings (SSSR count). The number of H-pyrrole nitrogens is 1. The summed E-state index contributed by atoms with van der Waals surface area (Å²) in [6, 6.07) is 1.60. The molecule has 1 aromatic heterocycles. The SMILES string of the molecule is O=c1cc[nH]cc1C1=CC2CNCC2C1. The molecule has 0 bridgehead atoms. The Morgan fingerprint density at radius 2 is 2.27 bits per heavy atom. The number of hydrogen-bond acceptors (Lipinski definition) is 2. The van der Waals surface area contributed by atoms with Crippen molar-refractivity contribution in [2.45, 2.75) is 6.42 Å². The lowest BCUT2D eigenvalue weighted by Crippen LogP contribution is -2.11. The van der Waals surface area contributed by atoms with Crippen LogP contribution in [0.3, 0.4) is 0 Å². The molecule has 2 aliphatic rings. The molecular formula is C12H14N2O. The first-order valence-corrected chi connectivity index (χ1v) is 5.43. The van der Waals surface area contributed by atoms with Crippen LogP contribution in [0.4, 0.5) is 0 Å². The molecule has 1 saturated heterocycles. The molecule has 15 heavy (non-hydrogen) atoms. The van der Waals surface area contributed by atoms with Crippen LogP contribution in [0.15, 0.2) is 29.3 Å². The van der Waals surface area contributed by atoms with Crippen molar-refractivity contribution < 1.29 is 0 Å². The van der Waals surface area contributed by atoms with Gasteiger partial charge in [-0.1, -0.05) is 6.08 Å². The standard InChI is InChI=1S/C12H14N2O/c15-12-1-2-13-7-11(12)8-3-9-5-14-6-10(9)4-8/h1-3,7,9-10,14H,4-6H2,(H,13,15). The van der Waals surface area contributed by atoms with Crippen molar-refractivity contribution in [1.29, 1.82) is 0 Å². The van der Waals surface area contributed by atoms with Gasteiger partial charge < -0.3 is 10.3 Å². The lowest BCUT2D eigenvalue weighted by Gasteiger charge is -2.05. The molecule has 1 aliphatic heterocycles. The van der Waals surface area contributed by atoms with Crippen LogP contribution in [0.2, 0.25) is 0 Å². The first kappa shape index (κ1) is 8.92. The number of pyridine rings is 1. The van der Waals surface area contributed by atoms with E-state index in [0.29, 0.717) is 11.8 Å². The van der Waals surface area contributed by atoms with Crippen molar-refractivity contribution in [1.82, 2.24) is 10.3 Å². The second kappa shape index (κ2) is 3.35. The van der Waals surface area contributed by atoms with Crippen LogP contribution in [0.5, 0.6) is 0 Å². The lowest BCUT2D eigenvalue weighted by molar-refractivity contribution is 0.536. The van der Waals surface area contributed by atoms with Crippen LogP contribution in [-0.2, 0) is 0 Å². The summed E-state index contributed by atoms with van der Waals surface area (Å²) < 4.78 is 0. The molecule has 2 N–H and O–H groups in total. The maximum absolute atomic E-state index is 11.6. The van der Waals surface area contributed by atoms with Gasteiger partial charge in [0.15, 0.2) is 5.43 Å². The molecule has 0 aromatic carbocycles. The summed E-state index contributed by atoms with van der Waals surface area (Å²) in [6.45, 7) is 2.16. The van der Waals surface area contributed by atoms with Crippen molar-refractivity contribution in [3.63, 3.8) is 0 Å². The van der Waals surface area contributed by atoms with Gasteiger partial charge in [0.2, 0.25) is 0 Å². The topological polar surface area (TPSA) is 44.9 Å². The number of allylic oxidation sites excluding steroid dienone is 1. The fraction of sp³-hybridized carbons (Fsp3) is 0.417. The highest BCUT2D eigenvalue weighted by atomic mass is 16.1. The third-order valence-corrected chi connectivity index (χ3v) is 3.46. The molecule has 78 valence electrons. The molecule has 0 saturated carbocycles. The van der Waals surface area contributed by atoms with Gasteiger partial charge in [0.25, 0.3) is 0 Å². The van der Waals surface area contributed by atoms with Gasteiger partial charge in [-0.2, -0.15) is 0 Å². The Morgan fingerprint density at radius 1 is 1.33 bits per heavy atom. The van der Waals surface area contributed by atoms with Gasteiger partial charge in [-0.25, -0.2) is 0 Å². The Kier molecular flexibility index (Phi) is 1.99.